The van der Waals surface area contributed by atoms with E-state index in [0.29, 0.717) is 31.0 Å². The number of alkyl halides is 3. The van der Waals surface area contributed by atoms with Crippen LogP contribution in [0.1, 0.15) is 60.9 Å². The number of halogens is 4. The molecule has 2 aliphatic heterocycles. The van der Waals surface area contributed by atoms with Gasteiger partial charge in [0.2, 0.25) is 5.91 Å². The number of imidazole rings is 1. The Hall–Kier alpha value is -2.42. The van der Waals surface area contributed by atoms with Gasteiger partial charge >= 0.3 is 6.18 Å². The quantitative estimate of drug-likeness (QED) is 0.653. The van der Waals surface area contributed by atoms with Crippen LogP contribution in [0.5, 0.6) is 0 Å². The summed E-state index contributed by atoms with van der Waals surface area (Å²) in [5.74, 6) is 0.120. The lowest BCUT2D eigenvalue weighted by Crippen LogP contribution is -2.62. The van der Waals surface area contributed by atoms with Gasteiger partial charge in [0.25, 0.3) is 0 Å². The van der Waals surface area contributed by atoms with Gasteiger partial charge in [0, 0.05) is 31.7 Å². The van der Waals surface area contributed by atoms with Crippen molar-refractivity contribution in [3.8, 4) is 0 Å². The summed E-state index contributed by atoms with van der Waals surface area (Å²) in [6.07, 6.45) is -0.939. The van der Waals surface area contributed by atoms with Gasteiger partial charge in [0.15, 0.2) is 0 Å². The van der Waals surface area contributed by atoms with Crippen molar-refractivity contribution in [2.45, 2.75) is 76.6 Å². The highest BCUT2D eigenvalue weighted by atomic mass is 19.4. The zero-order chi connectivity index (χ0) is 23.4. The van der Waals surface area contributed by atoms with Gasteiger partial charge in [-0.05, 0) is 61.8 Å². The fraction of sp³-hybridized carbons (Fsp3) is 0.583. The van der Waals surface area contributed by atoms with Gasteiger partial charge in [-0.15, -0.1) is 0 Å². The summed E-state index contributed by atoms with van der Waals surface area (Å²) in [5.41, 5.74) is 3.50. The van der Waals surface area contributed by atoms with Crippen molar-refractivity contribution in [1.82, 2.24) is 14.9 Å². The Kier molecular flexibility index (Phi) is 5.50. The summed E-state index contributed by atoms with van der Waals surface area (Å²) in [5, 5.41) is 3.19. The van der Waals surface area contributed by atoms with Gasteiger partial charge in [-0.25, -0.2) is 9.37 Å². The Bertz CT molecular complexity index is 1090. The van der Waals surface area contributed by atoms with Crippen LogP contribution in [-0.2, 0) is 42.6 Å². The van der Waals surface area contributed by atoms with Crippen LogP contribution in [0.3, 0.4) is 0 Å². The Morgan fingerprint density at radius 1 is 1.18 bits per heavy atom. The van der Waals surface area contributed by atoms with Crippen LogP contribution >= 0.6 is 0 Å². The van der Waals surface area contributed by atoms with Gasteiger partial charge in [0.05, 0.1) is 17.9 Å². The average Bonchev–Trinajstić information content (AvgIpc) is 3.20. The Labute approximate surface area is 190 Å². The van der Waals surface area contributed by atoms with E-state index in [1.165, 1.54) is 12.1 Å². The van der Waals surface area contributed by atoms with Gasteiger partial charge in [-0.2, -0.15) is 13.2 Å². The monoisotopic (exact) mass is 464 g/mol. The molecule has 178 valence electrons. The molecule has 0 unspecified atom stereocenters. The fourth-order valence-electron chi connectivity index (χ4n) is 5.65. The Morgan fingerprint density at radius 3 is 2.61 bits per heavy atom. The number of nitrogens with zero attached hydrogens (tertiary/aromatic N) is 3. The number of hydrogen-bond donors (Lipinski definition) is 1. The van der Waals surface area contributed by atoms with Crippen LogP contribution in [-0.4, -0.2) is 34.7 Å². The van der Waals surface area contributed by atoms with Crippen molar-refractivity contribution < 1.29 is 22.4 Å². The second-order valence-electron chi connectivity index (χ2n) is 9.39. The van der Waals surface area contributed by atoms with E-state index in [1.807, 2.05) is 11.5 Å². The van der Waals surface area contributed by atoms with E-state index < -0.39 is 18.0 Å². The number of benzene rings is 1. The molecule has 1 aliphatic carbocycles. The molecule has 33 heavy (non-hydrogen) atoms. The van der Waals surface area contributed by atoms with Gasteiger partial charge in [-0.3, -0.25) is 4.79 Å². The zero-order valence-corrected chi connectivity index (χ0v) is 18.7. The number of aromatic nitrogens is 2. The minimum atomic E-state index is -4.21. The number of anilines is 1. The SMILES string of the molecule is CCc1cc(F)cc2c1C1(CNC1)C(=O)N2Cc1nc2c(n1CCCC(F)(F)F)CCCC2. The van der Waals surface area contributed by atoms with Crippen LogP contribution in [0.25, 0.3) is 0 Å². The number of nitrogens with one attached hydrogen (secondary N) is 1. The lowest BCUT2D eigenvalue weighted by atomic mass is 9.74. The summed E-state index contributed by atoms with van der Waals surface area (Å²) in [4.78, 5) is 20.0. The first-order chi connectivity index (χ1) is 15.7. The molecule has 1 N–H and O–H groups in total. The summed E-state index contributed by atoms with van der Waals surface area (Å²) >= 11 is 0. The predicted molar refractivity (Wildman–Crippen MR) is 116 cm³/mol. The van der Waals surface area contributed by atoms with Crippen LogP contribution in [0.15, 0.2) is 12.1 Å². The van der Waals surface area contributed by atoms with Crippen molar-refractivity contribution in [3.63, 3.8) is 0 Å². The maximum Gasteiger partial charge on any atom is 0.389 e. The molecule has 0 radical (unpaired) electrons. The van der Waals surface area contributed by atoms with E-state index in [2.05, 4.69) is 5.32 Å². The van der Waals surface area contributed by atoms with E-state index >= 15 is 0 Å². The van der Waals surface area contributed by atoms with E-state index in [-0.39, 0.29) is 31.2 Å². The molecule has 3 heterocycles. The van der Waals surface area contributed by atoms with Crippen molar-refractivity contribution >= 4 is 11.6 Å². The molecule has 0 bridgehead atoms. The van der Waals surface area contributed by atoms with Gasteiger partial charge in [-0.1, -0.05) is 6.92 Å². The van der Waals surface area contributed by atoms with Crippen LogP contribution in [0.4, 0.5) is 23.2 Å². The van der Waals surface area contributed by atoms with E-state index in [1.54, 1.807) is 4.90 Å². The first-order valence-electron chi connectivity index (χ1n) is 11.7. The second kappa shape index (κ2) is 8.11. The highest BCUT2D eigenvalue weighted by molar-refractivity contribution is 6.09. The van der Waals surface area contributed by atoms with Crippen molar-refractivity contribution in [2.75, 3.05) is 18.0 Å². The summed E-state index contributed by atoms with van der Waals surface area (Å²) in [6.45, 7) is 3.31. The molecule has 2 aromatic rings. The number of hydrogen-bond acceptors (Lipinski definition) is 3. The van der Waals surface area contributed by atoms with E-state index in [0.717, 1.165) is 48.2 Å². The van der Waals surface area contributed by atoms with Crippen LogP contribution in [0, 0.1) is 5.82 Å². The molecule has 9 heteroatoms. The Morgan fingerprint density at radius 2 is 1.94 bits per heavy atom. The highest BCUT2D eigenvalue weighted by Crippen LogP contribution is 2.47. The predicted octanol–water partition coefficient (Wildman–Crippen LogP) is 4.19. The smallest absolute Gasteiger partial charge is 0.330 e. The molecule has 1 fully saturated rings. The molecule has 1 amide bonds. The summed E-state index contributed by atoms with van der Waals surface area (Å²) < 4.78 is 54.7. The zero-order valence-electron chi connectivity index (χ0n) is 18.7. The number of amides is 1. The average molecular weight is 465 g/mol. The fourth-order valence-corrected chi connectivity index (χ4v) is 5.65. The van der Waals surface area contributed by atoms with Gasteiger partial charge < -0.3 is 14.8 Å². The maximum atomic E-state index is 14.5. The normalized spacial score (nSPS) is 19.1. The number of carbonyl (C=O) groups excluding carboxylic acids is 1. The van der Waals surface area contributed by atoms with E-state index in [4.69, 9.17) is 4.98 Å². The molecule has 5 rings (SSSR count). The number of aryl methyl sites for hydroxylation is 2. The molecular formula is C24H28F4N4O. The molecular weight excluding hydrogens is 436 g/mol. The third-order valence-corrected chi connectivity index (χ3v) is 7.28. The minimum Gasteiger partial charge on any atom is -0.330 e. The number of fused-ring (bicyclic) bond motifs is 3. The molecule has 1 saturated heterocycles. The second-order valence-corrected chi connectivity index (χ2v) is 9.39. The molecule has 5 nitrogen and oxygen atoms in total. The third-order valence-electron chi connectivity index (χ3n) is 7.28. The first kappa shape index (κ1) is 22.4. The molecule has 1 aromatic heterocycles. The molecule has 1 spiro atoms. The van der Waals surface area contributed by atoms with Crippen molar-refractivity contribution in [3.05, 3.63) is 46.3 Å². The molecule has 1 aromatic carbocycles. The lowest BCUT2D eigenvalue weighted by molar-refractivity contribution is -0.136. The minimum absolute atomic E-state index is 0.0354. The highest BCUT2D eigenvalue weighted by Gasteiger charge is 2.56. The lowest BCUT2D eigenvalue weighted by Gasteiger charge is -2.38. The van der Waals surface area contributed by atoms with Crippen molar-refractivity contribution in [1.29, 1.82) is 0 Å². The topological polar surface area (TPSA) is 50.2 Å². The summed E-state index contributed by atoms with van der Waals surface area (Å²) in [6, 6.07) is 2.92. The molecule has 0 atom stereocenters. The number of carbonyl (C=O) groups is 1. The van der Waals surface area contributed by atoms with Crippen LogP contribution < -0.4 is 10.2 Å². The molecule has 0 saturated carbocycles. The van der Waals surface area contributed by atoms with Gasteiger partial charge in [0.1, 0.15) is 17.1 Å². The first-order valence-corrected chi connectivity index (χ1v) is 11.7. The maximum absolute atomic E-state index is 14.5. The van der Waals surface area contributed by atoms with Crippen LogP contribution in [0.2, 0.25) is 0 Å². The number of rotatable bonds is 6. The van der Waals surface area contributed by atoms with E-state index in [9.17, 15) is 22.4 Å². The summed E-state index contributed by atoms with van der Waals surface area (Å²) in [7, 11) is 0. The molecule has 3 aliphatic rings. The third kappa shape index (κ3) is 3.74. The van der Waals surface area contributed by atoms with Crippen molar-refractivity contribution in [2.24, 2.45) is 0 Å². The standard InChI is InChI=1S/C24H28F4N4O/c1-2-15-10-16(25)11-19-21(15)23(13-29-14-23)22(33)32(19)12-20-30-17-6-3-4-7-18(17)31(20)9-5-8-24(26,27)28/h10-11,29H,2-9,12-14H2,1H3. The Balaban J connectivity index is 1.52. The largest absolute Gasteiger partial charge is 0.389 e.